The summed E-state index contributed by atoms with van der Waals surface area (Å²) in [5, 5.41) is 3.35. The van der Waals surface area contributed by atoms with Crippen molar-refractivity contribution in [3.8, 4) is 0 Å². The van der Waals surface area contributed by atoms with Crippen LogP contribution in [0.5, 0.6) is 0 Å². The molecule has 0 atom stereocenters. The summed E-state index contributed by atoms with van der Waals surface area (Å²) in [5.74, 6) is -0.443. The van der Waals surface area contributed by atoms with E-state index in [4.69, 9.17) is 11.3 Å². The molecule has 17 heavy (non-hydrogen) atoms. The summed E-state index contributed by atoms with van der Waals surface area (Å²) in [6.07, 6.45) is 3.40. The minimum absolute atomic E-state index is 0.249. The van der Waals surface area contributed by atoms with Gasteiger partial charge in [0.1, 0.15) is 0 Å². The molecule has 0 saturated carbocycles. The normalized spacial score (nSPS) is 9.94. The number of carbonyl (C=O) groups excluding carboxylic acids is 1. The number of nitrogen functional groups attached to an aromatic ring is 1. The number of hydrogen-bond donors (Lipinski definition) is 1. The molecule has 0 aliphatic heterocycles. The van der Waals surface area contributed by atoms with Gasteiger partial charge < -0.3 is 10.5 Å². The number of carbonyl (C=O) groups is 1. The molecule has 0 aliphatic rings. The van der Waals surface area contributed by atoms with Crippen LogP contribution in [0.2, 0.25) is 0 Å². The third-order valence-electron chi connectivity index (χ3n) is 1.96. The van der Waals surface area contributed by atoms with Crippen LogP contribution in [-0.2, 0) is 4.74 Å². The number of rotatable bonds is 4. The summed E-state index contributed by atoms with van der Waals surface area (Å²) in [6, 6.07) is 4.89. The number of methoxy groups -OCH3 is 1. The van der Waals surface area contributed by atoms with Crippen LogP contribution < -0.4 is 5.73 Å². The number of azide groups is 1. The minimum Gasteiger partial charge on any atom is -0.465 e. The molecule has 0 saturated heterocycles. The van der Waals surface area contributed by atoms with Gasteiger partial charge in [-0.3, -0.25) is 0 Å². The van der Waals surface area contributed by atoms with Crippen LogP contribution >= 0.6 is 0 Å². The number of ether oxygens (including phenoxy) is 1. The van der Waals surface area contributed by atoms with Gasteiger partial charge in [-0.25, -0.2) is 4.79 Å². The Morgan fingerprint density at radius 3 is 3.00 bits per heavy atom. The Bertz CT molecular complexity index is 490. The van der Waals surface area contributed by atoms with Crippen molar-refractivity contribution >= 4 is 17.7 Å². The van der Waals surface area contributed by atoms with Gasteiger partial charge in [0.2, 0.25) is 0 Å². The van der Waals surface area contributed by atoms with Crippen molar-refractivity contribution in [1.29, 1.82) is 0 Å². The van der Waals surface area contributed by atoms with E-state index in [1.807, 2.05) is 0 Å². The fourth-order valence-corrected chi connectivity index (χ4v) is 1.28. The molecule has 0 spiro atoms. The third kappa shape index (κ3) is 3.89. The first-order chi connectivity index (χ1) is 8.17. The highest BCUT2D eigenvalue weighted by Gasteiger charge is 2.06. The summed E-state index contributed by atoms with van der Waals surface area (Å²) in [7, 11) is 1.31. The molecule has 2 N–H and O–H groups in total. The number of benzene rings is 1. The van der Waals surface area contributed by atoms with Crippen LogP contribution in [0.25, 0.3) is 16.5 Å². The number of anilines is 1. The lowest BCUT2D eigenvalue weighted by Crippen LogP contribution is -2.02. The molecular formula is C11H12N4O2. The lowest BCUT2D eigenvalue weighted by Gasteiger charge is -2.02. The van der Waals surface area contributed by atoms with Crippen LogP contribution in [0.4, 0.5) is 5.69 Å². The first-order valence-corrected chi connectivity index (χ1v) is 4.83. The zero-order valence-electron chi connectivity index (χ0n) is 9.33. The quantitative estimate of drug-likeness (QED) is 0.283. The van der Waals surface area contributed by atoms with Crippen molar-refractivity contribution in [3.05, 3.63) is 45.8 Å². The zero-order chi connectivity index (χ0) is 12.7. The van der Waals surface area contributed by atoms with Gasteiger partial charge in [0.05, 0.1) is 12.7 Å². The highest BCUT2D eigenvalue weighted by atomic mass is 16.5. The average Bonchev–Trinajstić information content (AvgIpc) is 2.33. The Hall–Kier alpha value is -2.46. The van der Waals surface area contributed by atoms with E-state index in [9.17, 15) is 4.79 Å². The molecule has 0 unspecified atom stereocenters. The maximum Gasteiger partial charge on any atom is 0.337 e. The lowest BCUT2D eigenvalue weighted by atomic mass is 10.1. The van der Waals surface area contributed by atoms with Gasteiger partial charge >= 0.3 is 5.97 Å². The Morgan fingerprint density at radius 1 is 1.59 bits per heavy atom. The number of hydrogen-bond acceptors (Lipinski definition) is 4. The molecule has 0 heterocycles. The zero-order valence-corrected chi connectivity index (χ0v) is 9.33. The average molecular weight is 232 g/mol. The standard InChI is InChI=1S/C11H12N4O2/c1-17-11(16)9-5-8(6-10(12)7-9)3-2-4-14-15-13/h2-3,5-7H,4,12H2,1H3. The molecule has 0 amide bonds. The van der Waals surface area contributed by atoms with Gasteiger partial charge in [-0.05, 0) is 29.3 Å². The second-order valence-electron chi connectivity index (χ2n) is 3.20. The Morgan fingerprint density at radius 2 is 2.35 bits per heavy atom. The van der Waals surface area contributed by atoms with Crippen molar-refractivity contribution in [3.63, 3.8) is 0 Å². The highest BCUT2D eigenvalue weighted by molar-refractivity contribution is 5.91. The lowest BCUT2D eigenvalue weighted by molar-refractivity contribution is 0.0601. The van der Waals surface area contributed by atoms with E-state index < -0.39 is 5.97 Å². The van der Waals surface area contributed by atoms with Crippen LogP contribution in [-0.4, -0.2) is 19.6 Å². The van der Waals surface area contributed by atoms with Crippen LogP contribution in [0.1, 0.15) is 15.9 Å². The van der Waals surface area contributed by atoms with Crippen LogP contribution in [0, 0.1) is 0 Å². The molecule has 0 aromatic heterocycles. The Kier molecular flexibility index (Phi) is 4.59. The van der Waals surface area contributed by atoms with E-state index in [1.54, 1.807) is 24.3 Å². The van der Waals surface area contributed by atoms with Gasteiger partial charge in [0.15, 0.2) is 0 Å². The summed E-state index contributed by atoms with van der Waals surface area (Å²) in [5.41, 5.74) is 15.4. The fraction of sp³-hybridized carbons (Fsp3) is 0.182. The molecule has 6 heteroatoms. The molecule has 1 aromatic rings. The molecule has 6 nitrogen and oxygen atoms in total. The molecule has 0 bridgehead atoms. The van der Waals surface area contributed by atoms with Gasteiger partial charge in [0.25, 0.3) is 0 Å². The predicted molar refractivity (Wildman–Crippen MR) is 65.2 cm³/mol. The van der Waals surface area contributed by atoms with Crippen LogP contribution in [0.15, 0.2) is 29.4 Å². The molecule has 88 valence electrons. The topological polar surface area (TPSA) is 101 Å². The second kappa shape index (κ2) is 6.19. The van der Waals surface area contributed by atoms with E-state index in [-0.39, 0.29) is 6.54 Å². The molecule has 0 radical (unpaired) electrons. The van der Waals surface area contributed by atoms with Crippen molar-refractivity contribution in [1.82, 2.24) is 0 Å². The van der Waals surface area contributed by atoms with E-state index in [0.29, 0.717) is 11.3 Å². The third-order valence-corrected chi connectivity index (χ3v) is 1.96. The van der Waals surface area contributed by atoms with Crippen molar-refractivity contribution in [2.45, 2.75) is 0 Å². The Labute approximate surface area is 98.3 Å². The summed E-state index contributed by atoms with van der Waals surface area (Å²) < 4.78 is 4.60. The number of nitrogens with zero attached hydrogens (tertiary/aromatic N) is 3. The maximum atomic E-state index is 11.3. The van der Waals surface area contributed by atoms with E-state index in [2.05, 4.69) is 14.8 Å². The summed E-state index contributed by atoms with van der Waals surface area (Å²) in [4.78, 5) is 13.9. The van der Waals surface area contributed by atoms with Gasteiger partial charge in [0, 0.05) is 17.1 Å². The molecule has 0 aliphatic carbocycles. The summed E-state index contributed by atoms with van der Waals surface area (Å²) in [6.45, 7) is 0.249. The minimum atomic E-state index is -0.443. The SMILES string of the molecule is COC(=O)c1cc(N)cc(C=CCN=[N+]=[N-])c1. The van der Waals surface area contributed by atoms with Crippen LogP contribution in [0.3, 0.4) is 0 Å². The smallest absolute Gasteiger partial charge is 0.337 e. The van der Waals surface area contributed by atoms with Crippen molar-refractivity contribution < 1.29 is 9.53 Å². The van der Waals surface area contributed by atoms with Crippen molar-refractivity contribution in [2.24, 2.45) is 5.11 Å². The largest absolute Gasteiger partial charge is 0.465 e. The van der Waals surface area contributed by atoms with Gasteiger partial charge in [-0.15, -0.1) is 0 Å². The first-order valence-electron chi connectivity index (χ1n) is 4.83. The molecule has 1 aromatic carbocycles. The van der Waals surface area contributed by atoms with E-state index in [1.165, 1.54) is 13.2 Å². The van der Waals surface area contributed by atoms with Gasteiger partial charge in [-0.1, -0.05) is 17.3 Å². The number of esters is 1. The fourth-order valence-electron chi connectivity index (χ4n) is 1.28. The van der Waals surface area contributed by atoms with Crippen molar-refractivity contribution in [2.75, 3.05) is 19.4 Å². The molecule has 1 rings (SSSR count). The summed E-state index contributed by atoms with van der Waals surface area (Å²) >= 11 is 0. The maximum absolute atomic E-state index is 11.3. The van der Waals surface area contributed by atoms with E-state index in [0.717, 1.165) is 5.56 Å². The first kappa shape index (κ1) is 12.6. The predicted octanol–water partition coefficient (Wildman–Crippen LogP) is 2.38. The monoisotopic (exact) mass is 232 g/mol. The highest BCUT2D eigenvalue weighted by Crippen LogP contribution is 2.14. The Balaban J connectivity index is 2.93. The molecular weight excluding hydrogens is 220 g/mol. The second-order valence-corrected chi connectivity index (χ2v) is 3.20. The molecule has 0 fully saturated rings. The van der Waals surface area contributed by atoms with Gasteiger partial charge in [-0.2, -0.15) is 0 Å². The number of nitrogens with two attached hydrogens (primary N) is 1. The van der Waals surface area contributed by atoms with E-state index >= 15 is 0 Å².